The highest BCUT2D eigenvalue weighted by atomic mass is 35.5. The minimum Gasteiger partial charge on any atom is -0.296 e. The van der Waals surface area contributed by atoms with Crippen molar-refractivity contribution in [3.63, 3.8) is 0 Å². The van der Waals surface area contributed by atoms with Crippen molar-refractivity contribution >= 4 is 40.0 Å². The number of benzene rings is 3. The molecule has 3 aliphatic heterocycles. The van der Waals surface area contributed by atoms with Gasteiger partial charge >= 0.3 is 0 Å². The van der Waals surface area contributed by atoms with E-state index in [0.29, 0.717) is 33.1 Å². The molecule has 7 rings (SSSR count). The molecule has 0 saturated carbocycles. The van der Waals surface area contributed by atoms with Gasteiger partial charge in [0.1, 0.15) is 11.4 Å². The van der Waals surface area contributed by atoms with Crippen LogP contribution in [0.15, 0.2) is 77.6 Å². The number of aromatic nitrogens is 2. The van der Waals surface area contributed by atoms with Gasteiger partial charge in [0.05, 0.1) is 34.1 Å². The first-order valence-electron chi connectivity index (χ1n) is 12.4. The number of anilines is 1. The number of hydrogen-bond donors (Lipinski definition) is 1. The van der Waals surface area contributed by atoms with Crippen molar-refractivity contribution in [2.75, 3.05) is 4.90 Å². The largest absolute Gasteiger partial charge is 0.296 e. The van der Waals surface area contributed by atoms with E-state index < -0.39 is 17.4 Å². The fourth-order valence-electron chi connectivity index (χ4n) is 6.59. The van der Waals surface area contributed by atoms with Crippen LogP contribution < -0.4 is 15.8 Å². The quantitative estimate of drug-likeness (QED) is 0.412. The molecule has 184 valence electrons. The summed E-state index contributed by atoms with van der Waals surface area (Å²) in [6.07, 6.45) is 0. The number of para-hydroxylation sites is 2. The maximum absolute atomic E-state index is 14.3. The molecule has 4 heterocycles. The van der Waals surface area contributed by atoms with Crippen molar-refractivity contribution in [3.8, 4) is 5.69 Å². The summed E-state index contributed by atoms with van der Waals surface area (Å²) >= 11 is 6.24. The summed E-state index contributed by atoms with van der Waals surface area (Å²) in [5, 5.41) is 4.65. The molecule has 4 aromatic rings. The number of nitrogens with one attached hydrogen (secondary N) is 1. The minimum absolute atomic E-state index is 0.0383. The first-order chi connectivity index (χ1) is 17.8. The average Bonchev–Trinajstić information content (AvgIpc) is 3.48. The summed E-state index contributed by atoms with van der Waals surface area (Å²) in [6, 6.07) is 21.3. The molecule has 2 fully saturated rings. The third-order valence-corrected chi connectivity index (χ3v) is 8.32. The van der Waals surface area contributed by atoms with Gasteiger partial charge in [-0.05, 0) is 42.3 Å². The first-order valence-corrected chi connectivity index (χ1v) is 12.8. The predicted molar refractivity (Wildman–Crippen MR) is 141 cm³/mol. The number of carbonyl (C=O) groups is 2. The number of hydrogen-bond acceptors (Lipinski definition) is 5. The Morgan fingerprint density at radius 3 is 2.49 bits per heavy atom. The van der Waals surface area contributed by atoms with Gasteiger partial charge in [0, 0.05) is 16.6 Å². The van der Waals surface area contributed by atoms with Crippen LogP contribution in [0.25, 0.3) is 16.6 Å². The highest BCUT2D eigenvalue weighted by Gasteiger charge is 2.70. The van der Waals surface area contributed by atoms with Crippen molar-refractivity contribution in [2.45, 2.75) is 25.4 Å². The van der Waals surface area contributed by atoms with Gasteiger partial charge in [-0.25, -0.2) is 9.88 Å². The standard InChI is InChI=1S/C29H23ClN4O3/c1-15(2)24-22-23(27(37)33(26(22)36)17-9-7-8-16(30)14-17)29(32-24)19-11-4-6-13-21(19)34-25(35)18-10-3-5-12-20(18)31-28(29)34/h3-15,22-24,32H,1-2H3. The van der Waals surface area contributed by atoms with Gasteiger partial charge in [-0.3, -0.25) is 24.3 Å². The van der Waals surface area contributed by atoms with E-state index in [1.54, 1.807) is 41.0 Å². The number of fused-ring (bicyclic) bond motifs is 8. The van der Waals surface area contributed by atoms with Gasteiger partial charge in [-0.15, -0.1) is 0 Å². The van der Waals surface area contributed by atoms with E-state index in [0.717, 1.165) is 5.56 Å². The Labute approximate surface area is 217 Å². The summed E-state index contributed by atoms with van der Waals surface area (Å²) in [5.74, 6) is -1.51. The zero-order valence-corrected chi connectivity index (χ0v) is 20.9. The molecule has 1 aromatic heterocycles. The summed E-state index contributed by atoms with van der Waals surface area (Å²) in [5.41, 5.74) is 1.13. The monoisotopic (exact) mass is 510 g/mol. The molecule has 2 saturated heterocycles. The molecule has 2 amide bonds. The molecule has 0 aliphatic carbocycles. The van der Waals surface area contributed by atoms with E-state index in [9.17, 15) is 14.4 Å². The molecule has 0 radical (unpaired) electrons. The van der Waals surface area contributed by atoms with Crippen LogP contribution in [0.3, 0.4) is 0 Å². The average molecular weight is 511 g/mol. The molecule has 1 N–H and O–H groups in total. The Kier molecular flexibility index (Phi) is 4.60. The summed E-state index contributed by atoms with van der Waals surface area (Å²) in [7, 11) is 0. The van der Waals surface area contributed by atoms with Crippen LogP contribution in [-0.4, -0.2) is 27.4 Å². The number of amides is 2. The van der Waals surface area contributed by atoms with Crippen molar-refractivity contribution in [3.05, 3.63) is 99.6 Å². The molecule has 8 heteroatoms. The van der Waals surface area contributed by atoms with E-state index in [-0.39, 0.29) is 29.3 Å². The Morgan fingerprint density at radius 1 is 0.946 bits per heavy atom. The summed E-state index contributed by atoms with van der Waals surface area (Å²) in [6.45, 7) is 4.07. The van der Waals surface area contributed by atoms with Crippen molar-refractivity contribution in [1.82, 2.24) is 14.9 Å². The molecule has 4 unspecified atom stereocenters. The number of nitrogens with zero attached hydrogens (tertiary/aromatic N) is 3. The highest BCUT2D eigenvalue weighted by Crippen LogP contribution is 2.56. The lowest BCUT2D eigenvalue weighted by atomic mass is 9.75. The Balaban J connectivity index is 1.54. The Hall–Kier alpha value is -3.81. The van der Waals surface area contributed by atoms with Crippen molar-refractivity contribution in [1.29, 1.82) is 0 Å². The Bertz CT molecular complexity index is 1710. The lowest BCUT2D eigenvalue weighted by molar-refractivity contribution is -0.123. The van der Waals surface area contributed by atoms with Gasteiger partial charge < -0.3 is 0 Å². The lowest BCUT2D eigenvalue weighted by Crippen LogP contribution is -2.51. The van der Waals surface area contributed by atoms with Crippen molar-refractivity contribution in [2.24, 2.45) is 17.8 Å². The van der Waals surface area contributed by atoms with Crippen LogP contribution in [-0.2, 0) is 15.1 Å². The molecule has 3 aliphatic rings. The van der Waals surface area contributed by atoms with E-state index in [1.165, 1.54) is 4.90 Å². The van der Waals surface area contributed by atoms with Crippen LogP contribution in [0, 0.1) is 17.8 Å². The second kappa shape index (κ2) is 7.60. The summed E-state index contributed by atoms with van der Waals surface area (Å²) in [4.78, 5) is 48.4. The van der Waals surface area contributed by atoms with Gasteiger partial charge in [-0.2, -0.15) is 0 Å². The second-order valence-corrected chi connectivity index (χ2v) is 10.8. The fraction of sp³-hybridized carbons (Fsp3) is 0.241. The number of halogens is 1. The molecular formula is C29H23ClN4O3. The third-order valence-electron chi connectivity index (χ3n) is 8.08. The predicted octanol–water partition coefficient (Wildman–Crippen LogP) is 4.03. The number of rotatable bonds is 2. The normalized spacial score (nSPS) is 25.8. The number of imide groups is 1. The third kappa shape index (κ3) is 2.76. The smallest absolute Gasteiger partial charge is 0.266 e. The molecule has 0 bridgehead atoms. The molecule has 4 atom stereocenters. The zero-order valence-electron chi connectivity index (χ0n) is 20.2. The Morgan fingerprint density at radius 2 is 1.70 bits per heavy atom. The number of carbonyl (C=O) groups excluding carboxylic acids is 2. The van der Waals surface area contributed by atoms with E-state index in [1.807, 2.05) is 50.2 Å². The summed E-state index contributed by atoms with van der Waals surface area (Å²) < 4.78 is 1.62. The van der Waals surface area contributed by atoms with Crippen LogP contribution in [0.1, 0.15) is 25.2 Å². The van der Waals surface area contributed by atoms with E-state index >= 15 is 0 Å². The van der Waals surface area contributed by atoms with Crippen molar-refractivity contribution < 1.29 is 9.59 Å². The SMILES string of the molecule is CC(C)C1NC2(c3ccccc3-n3c2nc2ccccc2c3=O)C2C(=O)N(c3cccc(Cl)c3)C(=O)C12. The highest BCUT2D eigenvalue weighted by molar-refractivity contribution is 6.31. The molecule has 7 nitrogen and oxygen atoms in total. The maximum Gasteiger partial charge on any atom is 0.266 e. The van der Waals surface area contributed by atoms with Crippen LogP contribution in [0.5, 0.6) is 0 Å². The van der Waals surface area contributed by atoms with E-state index in [2.05, 4.69) is 5.32 Å². The first kappa shape index (κ1) is 22.4. The van der Waals surface area contributed by atoms with Gasteiger partial charge in [0.15, 0.2) is 0 Å². The zero-order chi connectivity index (χ0) is 25.6. The molecule has 3 aromatic carbocycles. The molecule has 1 spiro atoms. The second-order valence-electron chi connectivity index (χ2n) is 10.3. The maximum atomic E-state index is 14.3. The van der Waals surface area contributed by atoms with Gasteiger partial charge in [-0.1, -0.05) is 61.8 Å². The molecule has 37 heavy (non-hydrogen) atoms. The van der Waals surface area contributed by atoms with Crippen LogP contribution in [0.2, 0.25) is 5.02 Å². The van der Waals surface area contributed by atoms with Crippen LogP contribution in [0.4, 0.5) is 5.69 Å². The lowest BCUT2D eigenvalue weighted by Gasteiger charge is -2.32. The van der Waals surface area contributed by atoms with E-state index in [4.69, 9.17) is 16.6 Å². The minimum atomic E-state index is -1.14. The van der Waals surface area contributed by atoms with Crippen LogP contribution >= 0.6 is 11.6 Å². The van der Waals surface area contributed by atoms with Gasteiger partial charge in [0.2, 0.25) is 11.8 Å². The fourth-order valence-corrected chi connectivity index (χ4v) is 6.78. The van der Waals surface area contributed by atoms with Gasteiger partial charge in [0.25, 0.3) is 5.56 Å². The topological polar surface area (TPSA) is 84.3 Å². The molecular weight excluding hydrogens is 488 g/mol.